The van der Waals surface area contributed by atoms with Gasteiger partial charge in [0.05, 0.1) is 19.6 Å². The highest BCUT2D eigenvalue weighted by Gasteiger charge is 2.34. The molecule has 3 heterocycles. The highest BCUT2D eigenvalue weighted by Crippen LogP contribution is 2.32. The lowest BCUT2D eigenvalue weighted by molar-refractivity contribution is -0.145. The van der Waals surface area contributed by atoms with Crippen molar-refractivity contribution in [3.63, 3.8) is 0 Å². The molecule has 0 radical (unpaired) electrons. The molecule has 2 atom stereocenters. The Labute approximate surface area is 175 Å². The van der Waals surface area contributed by atoms with Gasteiger partial charge in [0.2, 0.25) is 0 Å². The molecule has 3 aliphatic heterocycles. The van der Waals surface area contributed by atoms with Crippen LogP contribution in [-0.4, -0.2) is 54.8 Å². The van der Waals surface area contributed by atoms with Gasteiger partial charge in [-0.05, 0) is 31.1 Å². The Morgan fingerprint density at radius 3 is 1.76 bits per heavy atom. The van der Waals surface area contributed by atoms with Gasteiger partial charge in [0.25, 0.3) is 0 Å². The molecule has 0 aromatic heterocycles. The summed E-state index contributed by atoms with van der Waals surface area (Å²) >= 11 is 0. The maximum atomic E-state index is 10.7. The first kappa shape index (κ1) is 25.2. The number of carbonyl (C=O) groups is 3. The fourth-order valence-electron chi connectivity index (χ4n) is 3.08. The molecular weight excluding hydrogens is 374 g/mol. The predicted molar refractivity (Wildman–Crippen MR) is 110 cm³/mol. The lowest BCUT2D eigenvalue weighted by atomic mass is 9.80. The monoisotopic (exact) mass is 413 g/mol. The minimum atomic E-state index is -0.176. The lowest BCUT2D eigenvalue weighted by Gasteiger charge is -2.24. The van der Waals surface area contributed by atoms with E-state index in [-0.39, 0.29) is 41.0 Å². The molecule has 3 saturated heterocycles. The van der Waals surface area contributed by atoms with Crippen molar-refractivity contribution in [1.82, 2.24) is 4.90 Å². The molecule has 7 heteroatoms. The summed E-state index contributed by atoms with van der Waals surface area (Å²) in [4.78, 5) is 33.8. The van der Waals surface area contributed by atoms with Gasteiger partial charge in [-0.2, -0.15) is 0 Å². The van der Waals surface area contributed by atoms with Gasteiger partial charge in [-0.1, -0.05) is 41.5 Å². The van der Waals surface area contributed by atoms with Gasteiger partial charge >= 0.3 is 18.0 Å². The van der Waals surface area contributed by atoms with Crippen molar-refractivity contribution >= 4 is 18.0 Å². The fraction of sp³-hybridized carbons (Fsp3) is 0.864. The van der Waals surface area contributed by atoms with Gasteiger partial charge in [-0.25, -0.2) is 4.79 Å². The summed E-state index contributed by atoms with van der Waals surface area (Å²) in [5.74, 6) is 0.333. The van der Waals surface area contributed by atoms with E-state index in [1.165, 1.54) is 0 Å². The van der Waals surface area contributed by atoms with Crippen LogP contribution in [0, 0.1) is 16.7 Å². The van der Waals surface area contributed by atoms with Crippen LogP contribution in [0.1, 0.15) is 74.7 Å². The molecule has 0 spiro atoms. The molecule has 3 rings (SSSR count). The summed E-state index contributed by atoms with van der Waals surface area (Å²) in [6.45, 7) is 18.6. The van der Waals surface area contributed by atoms with Crippen LogP contribution in [0.5, 0.6) is 0 Å². The van der Waals surface area contributed by atoms with Crippen LogP contribution in [-0.2, 0) is 23.8 Å². The molecule has 0 bridgehead atoms. The first-order chi connectivity index (χ1) is 13.2. The van der Waals surface area contributed by atoms with Gasteiger partial charge in [0, 0.05) is 18.4 Å². The average Bonchev–Trinajstić information content (AvgIpc) is 3.28. The highest BCUT2D eigenvalue weighted by atomic mass is 16.6. The molecule has 2 unspecified atom stereocenters. The number of ether oxygens (including phenoxy) is 3. The van der Waals surface area contributed by atoms with Crippen molar-refractivity contribution in [3.05, 3.63) is 0 Å². The SMILES string of the molecule is CC(C)(C)C1CCC(=O)O1.CC(C)(C)C1COC(=O)C1.CC(C)N1CCOC1=O. The summed E-state index contributed by atoms with van der Waals surface area (Å²) in [5.41, 5.74) is 0.332. The molecule has 1 amide bonds. The second-order valence-electron chi connectivity index (χ2n) is 10.2. The Morgan fingerprint density at radius 2 is 1.55 bits per heavy atom. The van der Waals surface area contributed by atoms with Gasteiger partial charge in [0.15, 0.2) is 0 Å². The zero-order valence-electron chi connectivity index (χ0n) is 19.4. The lowest BCUT2D eigenvalue weighted by Crippen LogP contribution is -2.31. The van der Waals surface area contributed by atoms with Crippen LogP contribution in [0.4, 0.5) is 4.79 Å². The quantitative estimate of drug-likeness (QED) is 0.474. The normalized spacial score (nSPS) is 24.3. The molecule has 29 heavy (non-hydrogen) atoms. The molecule has 3 fully saturated rings. The van der Waals surface area contributed by atoms with Crippen molar-refractivity contribution in [2.24, 2.45) is 16.7 Å². The molecule has 7 nitrogen and oxygen atoms in total. The fourth-order valence-corrected chi connectivity index (χ4v) is 3.08. The Bertz CT molecular complexity index is 537. The minimum absolute atomic E-state index is 0.0417. The summed E-state index contributed by atoms with van der Waals surface area (Å²) < 4.78 is 14.7. The van der Waals surface area contributed by atoms with Crippen LogP contribution in [0.25, 0.3) is 0 Å². The van der Waals surface area contributed by atoms with Crippen molar-refractivity contribution in [1.29, 1.82) is 0 Å². The molecule has 3 aliphatic rings. The number of rotatable bonds is 1. The van der Waals surface area contributed by atoms with Crippen LogP contribution < -0.4 is 0 Å². The van der Waals surface area contributed by atoms with E-state index in [2.05, 4.69) is 41.5 Å². The highest BCUT2D eigenvalue weighted by molar-refractivity contribution is 5.72. The third kappa shape index (κ3) is 8.62. The first-order valence-electron chi connectivity index (χ1n) is 10.5. The number of amides is 1. The predicted octanol–water partition coefficient (Wildman–Crippen LogP) is 4.18. The second-order valence-corrected chi connectivity index (χ2v) is 10.2. The van der Waals surface area contributed by atoms with E-state index >= 15 is 0 Å². The number of cyclic esters (lactones) is 3. The topological polar surface area (TPSA) is 82.1 Å². The van der Waals surface area contributed by atoms with E-state index in [1.807, 2.05) is 13.8 Å². The van der Waals surface area contributed by atoms with Crippen molar-refractivity contribution < 1.29 is 28.6 Å². The van der Waals surface area contributed by atoms with Crippen LogP contribution in [0.3, 0.4) is 0 Å². The van der Waals surface area contributed by atoms with Crippen LogP contribution >= 0.6 is 0 Å². The van der Waals surface area contributed by atoms with E-state index in [0.717, 1.165) is 13.0 Å². The summed E-state index contributed by atoms with van der Waals surface area (Å²) in [6, 6.07) is 0.278. The Kier molecular flexibility index (Phi) is 8.97. The molecule has 0 N–H and O–H groups in total. The van der Waals surface area contributed by atoms with Crippen molar-refractivity contribution in [3.8, 4) is 0 Å². The molecule has 0 aromatic rings. The molecular formula is C22H39NO6. The maximum absolute atomic E-state index is 10.7. The third-order valence-corrected chi connectivity index (χ3v) is 5.35. The zero-order valence-corrected chi connectivity index (χ0v) is 19.4. The van der Waals surface area contributed by atoms with Crippen LogP contribution in [0.15, 0.2) is 0 Å². The van der Waals surface area contributed by atoms with Gasteiger partial charge < -0.3 is 19.1 Å². The smallest absolute Gasteiger partial charge is 0.410 e. The largest absolute Gasteiger partial charge is 0.465 e. The number of esters is 2. The van der Waals surface area contributed by atoms with Gasteiger partial charge in [-0.15, -0.1) is 0 Å². The first-order valence-corrected chi connectivity index (χ1v) is 10.5. The molecule has 0 saturated carbocycles. The summed E-state index contributed by atoms with van der Waals surface area (Å²) in [7, 11) is 0. The maximum Gasteiger partial charge on any atom is 0.410 e. The van der Waals surface area contributed by atoms with Crippen molar-refractivity contribution in [2.75, 3.05) is 19.8 Å². The molecule has 168 valence electrons. The minimum Gasteiger partial charge on any atom is -0.465 e. The number of carbonyl (C=O) groups excluding carboxylic acids is 3. The van der Waals surface area contributed by atoms with E-state index in [4.69, 9.17) is 14.2 Å². The zero-order chi connectivity index (χ0) is 22.4. The van der Waals surface area contributed by atoms with Gasteiger partial charge in [-0.3, -0.25) is 9.59 Å². The van der Waals surface area contributed by atoms with Crippen LogP contribution in [0.2, 0.25) is 0 Å². The Hall–Kier alpha value is -1.79. The molecule has 0 aliphatic carbocycles. The van der Waals surface area contributed by atoms with Gasteiger partial charge in [0.1, 0.15) is 12.7 Å². The summed E-state index contributed by atoms with van der Waals surface area (Å²) in [6.07, 6.45) is 2.05. The third-order valence-electron chi connectivity index (χ3n) is 5.35. The van der Waals surface area contributed by atoms with E-state index in [9.17, 15) is 14.4 Å². The van der Waals surface area contributed by atoms with E-state index in [1.54, 1.807) is 4.90 Å². The number of nitrogens with zero attached hydrogens (tertiary/aromatic N) is 1. The summed E-state index contributed by atoms with van der Waals surface area (Å²) in [5, 5.41) is 0. The standard InChI is InChI=1S/2C8H14O2.C6H11NO2/c1-8(2,3)6-4-7(9)10-5-6;1-8(2,3)6-4-5-7(9)10-6;1-5(2)7-3-4-9-6(7)8/h2*6H,4-5H2,1-3H3;5H,3-4H2,1-2H3. The second kappa shape index (κ2) is 10.3. The molecule has 0 aromatic carbocycles. The Morgan fingerprint density at radius 1 is 0.931 bits per heavy atom. The van der Waals surface area contributed by atoms with Crippen molar-refractivity contribution in [2.45, 2.75) is 86.8 Å². The Balaban J connectivity index is 0.000000218. The number of hydrogen-bond acceptors (Lipinski definition) is 6. The average molecular weight is 414 g/mol. The van der Waals surface area contributed by atoms with E-state index < -0.39 is 0 Å². The number of hydrogen-bond donors (Lipinski definition) is 0. The van der Waals surface area contributed by atoms with E-state index in [0.29, 0.717) is 32.0 Å².